The van der Waals surface area contributed by atoms with Gasteiger partial charge in [-0.2, -0.15) is 0 Å². The maximum Gasteiger partial charge on any atom is 0.278 e. The summed E-state index contributed by atoms with van der Waals surface area (Å²) in [6, 6.07) is 17.5. The average Bonchev–Trinajstić information content (AvgIpc) is 3.07. The first-order valence-electron chi connectivity index (χ1n) is 11.5. The predicted molar refractivity (Wildman–Crippen MR) is 127 cm³/mol. The molecule has 2 aromatic rings. The first-order valence-corrected chi connectivity index (χ1v) is 11.5. The van der Waals surface area contributed by atoms with Gasteiger partial charge >= 0.3 is 0 Å². The van der Waals surface area contributed by atoms with Crippen molar-refractivity contribution in [1.82, 2.24) is 4.90 Å². The maximum absolute atomic E-state index is 13.2. The van der Waals surface area contributed by atoms with Crippen molar-refractivity contribution in [3.05, 3.63) is 65.9 Å². The zero-order valence-electron chi connectivity index (χ0n) is 18.7. The molecule has 0 aromatic heterocycles. The number of hydrogen-bond acceptors (Lipinski definition) is 5. The lowest BCUT2D eigenvalue weighted by Gasteiger charge is -2.28. The number of carbonyl (C=O) groups excluding carboxylic acids is 2. The monoisotopic (exact) mass is 433 g/mol. The Balaban J connectivity index is 1.56. The van der Waals surface area contributed by atoms with E-state index in [-0.39, 0.29) is 11.8 Å². The number of amides is 2. The maximum atomic E-state index is 13.2. The van der Waals surface area contributed by atoms with Gasteiger partial charge in [-0.1, -0.05) is 30.3 Å². The van der Waals surface area contributed by atoms with E-state index >= 15 is 0 Å². The van der Waals surface area contributed by atoms with Crippen LogP contribution in [0.15, 0.2) is 60.3 Å². The molecule has 0 bridgehead atoms. The third-order valence-corrected chi connectivity index (χ3v) is 5.96. The van der Waals surface area contributed by atoms with Gasteiger partial charge in [-0.05, 0) is 62.4 Å². The van der Waals surface area contributed by atoms with Crippen molar-refractivity contribution in [1.29, 1.82) is 0 Å². The summed E-state index contributed by atoms with van der Waals surface area (Å²) in [6.45, 7) is 5.58. The molecule has 0 spiro atoms. The van der Waals surface area contributed by atoms with E-state index in [0.29, 0.717) is 37.4 Å². The molecule has 168 valence electrons. The van der Waals surface area contributed by atoms with Crippen molar-refractivity contribution in [3.8, 4) is 0 Å². The van der Waals surface area contributed by atoms with Crippen molar-refractivity contribution in [2.45, 2.75) is 32.6 Å². The lowest BCUT2D eigenvalue weighted by molar-refractivity contribution is -0.137. The fourth-order valence-electron chi connectivity index (χ4n) is 4.29. The molecule has 2 aliphatic heterocycles. The summed E-state index contributed by atoms with van der Waals surface area (Å²) >= 11 is 0. The van der Waals surface area contributed by atoms with Crippen LogP contribution in [0.1, 0.15) is 38.2 Å². The van der Waals surface area contributed by atoms with Crippen LogP contribution < -0.4 is 10.2 Å². The SMILES string of the molecule is CCOCCCN1C(=O)C(Nc2ccc(N3CCCCC3)cc2)=C(c2ccccc2)C1=O. The van der Waals surface area contributed by atoms with Crippen LogP contribution in [0, 0.1) is 0 Å². The van der Waals surface area contributed by atoms with E-state index in [2.05, 4.69) is 22.3 Å². The van der Waals surface area contributed by atoms with Gasteiger partial charge < -0.3 is 15.0 Å². The van der Waals surface area contributed by atoms with Gasteiger partial charge in [-0.3, -0.25) is 14.5 Å². The van der Waals surface area contributed by atoms with E-state index in [4.69, 9.17) is 4.74 Å². The second-order valence-corrected chi connectivity index (χ2v) is 8.15. The Labute approximate surface area is 189 Å². The van der Waals surface area contributed by atoms with Gasteiger partial charge in [-0.25, -0.2) is 0 Å². The zero-order valence-corrected chi connectivity index (χ0v) is 18.7. The normalized spacial score (nSPS) is 16.8. The van der Waals surface area contributed by atoms with Gasteiger partial charge in [0.1, 0.15) is 5.70 Å². The molecule has 32 heavy (non-hydrogen) atoms. The minimum Gasteiger partial charge on any atom is -0.382 e. The van der Waals surface area contributed by atoms with Crippen LogP contribution in [0.4, 0.5) is 11.4 Å². The number of piperidine rings is 1. The highest BCUT2D eigenvalue weighted by Gasteiger charge is 2.38. The van der Waals surface area contributed by atoms with Crippen molar-refractivity contribution in [3.63, 3.8) is 0 Å². The molecular formula is C26H31N3O3. The number of carbonyl (C=O) groups is 2. The summed E-state index contributed by atoms with van der Waals surface area (Å²) in [4.78, 5) is 30.1. The Morgan fingerprint density at radius 2 is 1.62 bits per heavy atom. The van der Waals surface area contributed by atoms with Gasteiger partial charge in [0, 0.05) is 44.2 Å². The molecule has 2 aliphatic rings. The molecule has 1 fully saturated rings. The van der Waals surface area contributed by atoms with E-state index < -0.39 is 0 Å². The minimum atomic E-state index is -0.287. The highest BCUT2D eigenvalue weighted by Crippen LogP contribution is 2.31. The molecule has 1 N–H and O–H groups in total. The molecule has 2 heterocycles. The van der Waals surface area contributed by atoms with E-state index in [1.54, 1.807) is 0 Å². The summed E-state index contributed by atoms with van der Waals surface area (Å²) in [5.41, 5.74) is 3.49. The van der Waals surface area contributed by atoms with Crippen LogP contribution in [0.25, 0.3) is 5.57 Å². The summed E-state index contributed by atoms with van der Waals surface area (Å²) < 4.78 is 5.38. The molecular weight excluding hydrogens is 402 g/mol. The second-order valence-electron chi connectivity index (χ2n) is 8.15. The van der Waals surface area contributed by atoms with Gasteiger partial charge in [0.05, 0.1) is 5.57 Å². The second kappa shape index (κ2) is 10.5. The molecule has 2 amide bonds. The van der Waals surface area contributed by atoms with Gasteiger partial charge in [0.15, 0.2) is 0 Å². The molecule has 1 saturated heterocycles. The first kappa shape index (κ1) is 22.1. The third-order valence-electron chi connectivity index (χ3n) is 5.96. The molecule has 4 rings (SSSR count). The number of hydrogen-bond donors (Lipinski definition) is 1. The smallest absolute Gasteiger partial charge is 0.278 e. The lowest BCUT2D eigenvalue weighted by atomic mass is 10.0. The number of ether oxygens (including phenoxy) is 1. The van der Waals surface area contributed by atoms with E-state index in [0.717, 1.165) is 24.3 Å². The van der Waals surface area contributed by atoms with Crippen LogP contribution in [-0.4, -0.2) is 49.6 Å². The Morgan fingerprint density at radius 3 is 2.31 bits per heavy atom. The van der Waals surface area contributed by atoms with Crippen molar-refractivity contribution < 1.29 is 14.3 Å². The minimum absolute atomic E-state index is 0.259. The largest absolute Gasteiger partial charge is 0.382 e. The Bertz CT molecular complexity index is 964. The van der Waals surface area contributed by atoms with Crippen molar-refractivity contribution in [2.75, 3.05) is 43.1 Å². The summed E-state index contributed by atoms with van der Waals surface area (Å²) in [5.74, 6) is -0.546. The fourth-order valence-corrected chi connectivity index (χ4v) is 4.29. The molecule has 6 nitrogen and oxygen atoms in total. The Hall–Kier alpha value is -3.12. The molecule has 0 unspecified atom stereocenters. The highest BCUT2D eigenvalue weighted by atomic mass is 16.5. The average molecular weight is 434 g/mol. The third kappa shape index (κ3) is 4.86. The van der Waals surface area contributed by atoms with E-state index in [1.807, 2.05) is 49.4 Å². The lowest BCUT2D eigenvalue weighted by Crippen LogP contribution is -2.34. The summed E-state index contributed by atoms with van der Waals surface area (Å²) in [7, 11) is 0. The number of rotatable bonds is 9. The standard InChI is InChI=1S/C26H31N3O3/c1-2-32-19-9-18-29-25(30)23(20-10-5-3-6-11-20)24(26(29)31)27-21-12-14-22(15-13-21)28-16-7-4-8-17-28/h3,5-6,10-15,27H,2,4,7-9,16-19H2,1H3. The van der Waals surface area contributed by atoms with Crippen LogP contribution in [0.2, 0.25) is 0 Å². The highest BCUT2D eigenvalue weighted by molar-refractivity contribution is 6.36. The van der Waals surface area contributed by atoms with E-state index in [9.17, 15) is 9.59 Å². The first-order chi connectivity index (χ1) is 15.7. The number of nitrogens with one attached hydrogen (secondary N) is 1. The van der Waals surface area contributed by atoms with Crippen LogP contribution >= 0.6 is 0 Å². The molecule has 2 aromatic carbocycles. The van der Waals surface area contributed by atoms with Gasteiger partial charge in [-0.15, -0.1) is 0 Å². The quantitative estimate of drug-likeness (QED) is 0.472. The van der Waals surface area contributed by atoms with Crippen LogP contribution in [0.5, 0.6) is 0 Å². The number of anilines is 2. The fraction of sp³-hybridized carbons (Fsp3) is 0.385. The number of benzene rings is 2. The molecule has 0 saturated carbocycles. The summed E-state index contributed by atoms with van der Waals surface area (Å²) in [5, 5.41) is 3.25. The molecule has 0 radical (unpaired) electrons. The topological polar surface area (TPSA) is 61.9 Å². The van der Waals surface area contributed by atoms with Gasteiger partial charge in [0.2, 0.25) is 0 Å². The Kier molecular flexibility index (Phi) is 7.22. The zero-order chi connectivity index (χ0) is 22.3. The number of imide groups is 1. The van der Waals surface area contributed by atoms with Crippen LogP contribution in [0.3, 0.4) is 0 Å². The molecule has 0 atom stereocenters. The number of nitrogens with zero attached hydrogens (tertiary/aromatic N) is 2. The Morgan fingerprint density at radius 1 is 0.906 bits per heavy atom. The summed E-state index contributed by atoms with van der Waals surface area (Å²) in [6.07, 6.45) is 4.36. The van der Waals surface area contributed by atoms with Crippen molar-refractivity contribution in [2.24, 2.45) is 0 Å². The van der Waals surface area contributed by atoms with Gasteiger partial charge in [0.25, 0.3) is 11.8 Å². The molecule has 0 aliphatic carbocycles. The van der Waals surface area contributed by atoms with Crippen molar-refractivity contribution >= 4 is 28.8 Å². The predicted octanol–water partition coefficient (Wildman–Crippen LogP) is 4.30. The van der Waals surface area contributed by atoms with E-state index in [1.165, 1.54) is 29.8 Å². The van der Waals surface area contributed by atoms with Crippen LogP contribution in [-0.2, 0) is 14.3 Å². The molecule has 6 heteroatoms.